The van der Waals surface area contributed by atoms with Crippen molar-refractivity contribution in [1.29, 1.82) is 0 Å². The number of carboxylic acid groups (broad SMARTS) is 1. The molecule has 0 fully saturated rings. The third kappa shape index (κ3) is 7.02. The van der Waals surface area contributed by atoms with E-state index in [1.165, 1.54) is 6.08 Å². The van der Waals surface area contributed by atoms with Gasteiger partial charge >= 0.3 is 5.97 Å². The highest BCUT2D eigenvalue weighted by Crippen LogP contribution is 1.84. The van der Waals surface area contributed by atoms with Crippen LogP contribution in [0.15, 0.2) is 12.2 Å². The van der Waals surface area contributed by atoms with Crippen molar-refractivity contribution in [3.63, 3.8) is 0 Å². The lowest BCUT2D eigenvalue weighted by Crippen LogP contribution is -2.18. The van der Waals surface area contributed by atoms with Crippen LogP contribution in [0, 0.1) is 0 Å². The molecule has 1 N–H and O–H groups in total. The molecule has 0 bridgehead atoms. The second kappa shape index (κ2) is 5.88. The molecule has 4 nitrogen and oxygen atoms in total. The lowest BCUT2D eigenvalue weighted by molar-refractivity contribution is -0.132. The molecule has 0 aromatic heterocycles. The molecule has 0 aliphatic heterocycles. The molecule has 0 heterocycles. The van der Waals surface area contributed by atoms with Gasteiger partial charge in [0, 0.05) is 19.7 Å². The van der Waals surface area contributed by atoms with Gasteiger partial charge in [-0.3, -0.25) is 4.84 Å². The number of hydroxylamine groups is 2. The first-order chi connectivity index (χ1) is 5.16. The van der Waals surface area contributed by atoms with Crippen molar-refractivity contribution in [1.82, 2.24) is 5.06 Å². The Morgan fingerprint density at radius 3 is 2.82 bits per heavy atom. The van der Waals surface area contributed by atoms with E-state index in [1.807, 2.05) is 6.92 Å². The van der Waals surface area contributed by atoms with E-state index in [9.17, 15) is 4.79 Å². The fourth-order valence-electron chi connectivity index (χ4n) is 0.575. The van der Waals surface area contributed by atoms with Crippen LogP contribution in [-0.2, 0) is 9.63 Å². The van der Waals surface area contributed by atoms with E-state index in [4.69, 9.17) is 9.94 Å². The van der Waals surface area contributed by atoms with Gasteiger partial charge in [0.25, 0.3) is 0 Å². The quantitative estimate of drug-likeness (QED) is 0.469. The minimum Gasteiger partial charge on any atom is -0.478 e. The Balaban J connectivity index is 3.44. The molecule has 0 unspecified atom stereocenters. The van der Waals surface area contributed by atoms with Gasteiger partial charge in [-0.1, -0.05) is 6.08 Å². The number of carboxylic acids is 1. The average molecular weight is 159 g/mol. The van der Waals surface area contributed by atoms with Gasteiger partial charge < -0.3 is 5.11 Å². The van der Waals surface area contributed by atoms with Gasteiger partial charge in [-0.25, -0.2) is 4.79 Å². The van der Waals surface area contributed by atoms with Crippen LogP contribution in [0.2, 0.25) is 0 Å². The molecule has 0 amide bonds. The van der Waals surface area contributed by atoms with E-state index in [0.29, 0.717) is 13.2 Å². The number of hydrogen-bond acceptors (Lipinski definition) is 3. The summed E-state index contributed by atoms with van der Waals surface area (Å²) in [5.74, 6) is -0.935. The van der Waals surface area contributed by atoms with Crippen molar-refractivity contribution >= 4 is 5.97 Å². The highest BCUT2D eigenvalue weighted by molar-refractivity contribution is 5.79. The third-order valence-corrected chi connectivity index (χ3v) is 0.972. The van der Waals surface area contributed by atoms with Gasteiger partial charge in [0.15, 0.2) is 0 Å². The fraction of sp³-hybridized carbons (Fsp3) is 0.571. The van der Waals surface area contributed by atoms with Crippen molar-refractivity contribution < 1.29 is 14.7 Å². The minimum absolute atomic E-state index is 0.486. The zero-order valence-corrected chi connectivity index (χ0v) is 6.78. The summed E-state index contributed by atoms with van der Waals surface area (Å²) >= 11 is 0. The van der Waals surface area contributed by atoms with Gasteiger partial charge in [-0.2, -0.15) is 5.06 Å². The minimum atomic E-state index is -0.935. The Kier molecular flexibility index (Phi) is 5.42. The monoisotopic (exact) mass is 159 g/mol. The van der Waals surface area contributed by atoms with Crippen molar-refractivity contribution in [3.8, 4) is 0 Å². The van der Waals surface area contributed by atoms with E-state index < -0.39 is 5.97 Å². The second-order valence-corrected chi connectivity index (χ2v) is 1.97. The SMILES string of the molecule is CCON(C)C/C=C/C(=O)O. The van der Waals surface area contributed by atoms with E-state index in [2.05, 4.69) is 0 Å². The fourth-order valence-corrected chi connectivity index (χ4v) is 0.575. The van der Waals surface area contributed by atoms with Gasteiger partial charge in [0.05, 0.1) is 6.61 Å². The number of rotatable bonds is 5. The first-order valence-corrected chi connectivity index (χ1v) is 3.40. The standard InChI is InChI=1S/C7H13NO3/c1-3-11-8(2)6-4-5-7(9)10/h4-5H,3,6H2,1-2H3,(H,9,10)/b5-4+. The van der Waals surface area contributed by atoms with Crippen LogP contribution in [-0.4, -0.2) is 36.3 Å². The van der Waals surface area contributed by atoms with Crippen LogP contribution in [0.5, 0.6) is 0 Å². The van der Waals surface area contributed by atoms with Gasteiger partial charge in [0.2, 0.25) is 0 Å². The number of nitrogens with zero attached hydrogens (tertiary/aromatic N) is 1. The topological polar surface area (TPSA) is 49.8 Å². The van der Waals surface area contributed by atoms with Crippen LogP contribution < -0.4 is 0 Å². The summed E-state index contributed by atoms with van der Waals surface area (Å²) < 4.78 is 0. The molecular formula is C7H13NO3. The molecule has 64 valence electrons. The van der Waals surface area contributed by atoms with Crippen molar-refractivity contribution in [3.05, 3.63) is 12.2 Å². The first kappa shape index (κ1) is 10.1. The maximum Gasteiger partial charge on any atom is 0.328 e. The third-order valence-electron chi connectivity index (χ3n) is 0.972. The summed E-state index contributed by atoms with van der Waals surface area (Å²) in [6.45, 7) is 2.95. The Hall–Kier alpha value is -0.870. The van der Waals surface area contributed by atoms with Crippen LogP contribution in [0.3, 0.4) is 0 Å². The number of carbonyl (C=O) groups is 1. The molecule has 0 aliphatic carbocycles. The number of hydrogen-bond donors (Lipinski definition) is 1. The summed E-state index contributed by atoms with van der Waals surface area (Å²) in [5, 5.41) is 9.78. The van der Waals surface area contributed by atoms with Crippen molar-refractivity contribution in [2.75, 3.05) is 20.2 Å². The van der Waals surface area contributed by atoms with Gasteiger partial charge in [0.1, 0.15) is 0 Å². The molecule has 11 heavy (non-hydrogen) atoms. The van der Waals surface area contributed by atoms with Gasteiger partial charge in [-0.15, -0.1) is 0 Å². The number of likely N-dealkylation sites (N-methyl/N-ethyl adjacent to an activating group) is 1. The van der Waals surface area contributed by atoms with E-state index >= 15 is 0 Å². The summed E-state index contributed by atoms with van der Waals surface area (Å²) in [7, 11) is 1.75. The maximum absolute atomic E-state index is 9.99. The molecule has 0 spiro atoms. The Labute approximate surface area is 66.0 Å². The van der Waals surface area contributed by atoms with Crippen LogP contribution in [0.4, 0.5) is 0 Å². The van der Waals surface area contributed by atoms with Crippen LogP contribution in [0.1, 0.15) is 6.92 Å². The molecular weight excluding hydrogens is 146 g/mol. The first-order valence-electron chi connectivity index (χ1n) is 3.40. The molecule has 4 heteroatoms. The second-order valence-electron chi connectivity index (χ2n) is 1.97. The Morgan fingerprint density at radius 1 is 1.73 bits per heavy atom. The molecule has 0 rings (SSSR count). The normalized spacial score (nSPS) is 11.2. The Bertz CT molecular complexity index is 145. The molecule has 0 atom stereocenters. The molecule has 0 radical (unpaired) electrons. The summed E-state index contributed by atoms with van der Waals surface area (Å²) in [5.41, 5.74) is 0. The maximum atomic E-state index is 9.99. The lowest BCUT2D eigenvalue weighted by Gasteiger charge is -2.11. The largest absolute Gasteiger partial charge is 0.478 e. The molecule has 0 aliphatic rings. The smallest absolute Gasteiger partial charge is 0.328 e. The van der Waals surface area contributed by atoms with E-state index in [-0.39, 0.29) is 0 Å². The van der Waals surface area contributed by atoms with Gasteiger partial charge in [-0.05, 0) is 6.92 Å². The molecule has 0 saturated carbocycles. The summed E-state index contributed by atoms with van der Waals surface area (Å²) in [6, 6.07) is 0. The predicted octanol–water partition coefficient (Wildman–Crippen LogP) is 0.510. The molecule has 0 aromatic carbocycles. The average Bonchev–Trinajstić information content (AvgIpc) is 1.87. The lowest BCUT2D eigenvalue weighted by atomic mass is 10.5. The van der Waals surface area contributed by atoms with E-state index in [1.54, 1.807) is 12.1 Å². The van der Waals surface area contributed by atoms with Crippen LogP contribution >= 0.6 is 0 Å². The zero-order valence-electron chi connectivity index (χ0n) is 6.78. The van der Waals surface area contributed by atoms with Crippen molar-refractivity contribution in [2.45, 2.75) is 6.92 Å². The highest BCUT2D eigenvalue weighted by Gasteiger charge is 1.92. The number of aliphatic carboxylic acids is 1. The predicted molar refractivity (Wildman–Crippen MR) is 41.0 cm³/mol. The molecule has 0 aromatic rings. The summed E-state index contributed by atoms with van der Waals surface area (Å²) in [6.07, 6.45) is 2.62. The Morgan fingerprint density at radius 2 is 2.36 bits per heavy atom. The van der Waals surface area contributed by atoms with Crippen molar-refractivity contribution in [2.24, 2.45) is 0 Å². The zero-order chi connectivity index (χ0) is 8.69. The van der Waals surface area contributed by atoms with E-state index in [0.717, 1.165) is 6.08 Å². The van der Waals surface area contributed by atoms with Crippen LogP contribution in [0.25, 0.3) is 0 Å². The summed E-state index contributed by atoms with van der Waals surface area (Å²) in [4.78, 5) is 15.0. The molecule has 0 saturated heterocycles. The highest BCUT2D eigenvalue weighted by atomic mass is 16.7.